The van der Waals surface area contributed by atoms with E-state index in [1.807, 2.05) is 36.0 Å². The second kappa shape index (κ2) is 9.46. The van der Waals surface area contributed by atoms with Crippen LogP contribution in [0.4, 0.5) is 0 Å². The average Bonchev–Trinajstić information content (AvgIpc) is 3.11. The molecule has 1 amide bonds. The quantitative estimate of drug-likeness (QED) is 0.583. The molecule has 1 aromatic carbocycles. The zero-order valence-electron chi connectivity index (χ0n) is 15.1. The van der Waals surface area contributed by atoms with Crippen molar-refractivity contribution < 1.29 is 4.79 Å². The predicted octanol–water partition coefficient (Wildman–Crippen LogP) is 1.07. The van der Waals surface area contributed by atoms with E-state index in [-0.39, 0.29) is 12.5 Å². The molecule has 2 N–H and O–H groups in total. The fourth-order valence-corrected chi connectivity index (χ4v) is 2.26. The Morgan fingerprint density at radius 1 is 1.20 bits per heavy atom. The molecule has 0 aliphatic rings. The van der Waals surface area contributed by atoms with Crippen molar-refractivity contribution in [3.63, 3.8) is 0 Å². The minimum absolute atomic E-state index is 0.00434. The number of benzene rings is 1. The van der Waals surface area contributed by atoms with E-state index < -0.39 is 0 Å². The van der Waals surface area contributed by atoms with E-state index in [0.717, 1.165) is 12.1 Å². The van der Waals surface area contributed by atoms with Crippen molar-refractivity contribution >= 4 is 11.9 Å². The lowest BCUT2D eigenvalue weighted by atomic mass is 10.1. The number of rotatable bonds is 7. The van der Waals surface area contributed by atoms with Gasteiger partial charge in [0.1, 0.15) is 0 Å². The molecule has 0 atom stereocenters. The average molecular weight is 342 g/mol. The van der Waals surface area contributed by atoms with Gasteiger partial charge < -0.3 is 15.5 Å². The van der Waals surface area contributed by atoms with Gasteiger partial charge in [0, 0.05) is 33.0 Å². The maximum Gasteiger partial charge on any atom is 0.241 e. The highest BCUT2D eigenvalue weighted by molar-refractivity contribution is 5.86. The molecule has 0 spiro atoms. The molecule has 0 unspecified atom stereocenters. The Labute approximate surface area is 148 Å². The van der Waals surface area contributed by atoms with E-state index in [1.165, 1.54) is 5.56 Å². The number of guanidine groups is 1. The molecule has 7 nitrogen and oxygen atoms in total. The van der Waals surface area contributed by atoms with Crippen LogP contribution in [-0.4, -0.2) is 53.7 Å². The number of likely N-dealkylation sites (N-methyl/N-ethyl adjacent to an activating group) is 1. The zero-order valence-corrected chi connectivity index (χ0v) is 15.1. The number of carbonyl (C=O) groups excluding carboxylic acids is 1. The number of hydrogen-bond acceptors (Lipinski definition) is 3. The molecule has 1 heterocycles. The van der Waals surface area contributed by atoms with Crippen LogP contribution in [0.15, 0.2) is 47.7 Å². The first-order chi connectivity index (χ1) is 12.1. The van der Waals surface area contributed by atoms with Crippen LogP contribution < -0.4 is 10.6 Å². The summed E-state index contributed by atoms with van der Waals surface area (Å²) in [6.07, 6.45) is 3.72. The molecule has 2 rings (SSSR count). The molecular formula is C18H26N6O. The van der Waals surface area contributed by atoms with Crippen LogP contribution in [0.25, 0.3) is 0 Å². The number of carbonyl (C=O) groups is 1. The first-order valence-electron chi connectivity index (χ1n) is 8.36. The van der Waals surface area contributed by atoms with E-state index in [4.69, 9.17) is 0 Å². The molecule has 0 aliphatic carbocycles. The summed E-state index contributed by atoms with van der Waals surface area (Å²) in [7, 11) is 3.47. The number of hydrogen-bond donors (Lipinski definition) is 2. The highest BCUT2D eigenvalue weighted by atomic mass is 16.2. The molecular weight excluding hydrogens is 316 g/mol. The minimum Gasteiger partial charge on any atom is -0.357 e. The third-order valence-corrected chi connectivity index (χ3v) is 3.67. The van der Waals surface area contributed by atoms with Crippen LogP contribution in [0.2, 0.25) is 0 Å². The molecule has 0 fully saturated rings. The monoisotopic (exact) mass is 342 g/mol. The van der Waals surface area contributed by atoms with Crippen molar-refractivity contribution in [2.24, 2.45) is 4.99 Å². The van der Waals surface area contributed by atoms with E-state index in [2.05, 4.69) is 32.9 Å². The fraction of sp³-hybridized carbons (Fsp3) is 0.389. The van der Waals surface area contributed by atoms with E-state index in [1.54, 1.807) is 25.2 Å². The Hall–Kier alpha value is -2.83. The smallest absolute Gasteiger partial charge is 0.241 e. The molecule has 2 aromatic rings. The Balaban J connectivity index is 2.05. The maximum absolute atomic E-state index is 11.7. The van der Waals surface area contributed by atoms with Crippen LogP contribution >= 0.6 is 0 Å². The standard InChI is InChI=1S/C18H26N6O/c1-4-19-18(21-13-17(25)23(2)3)20-12-15-8-5-6-9-16(15)14-24-11-7-10-22-24/h5-11H,4,12-14H2,1-3H3,(H2,19,20,21). The number of nitrogens with zero attached hydrogens (tertiary/aromatic N) is 4. The Kier molecular flexibility index (Phi) is 7.00. The van der Waals surface area contributed by atoms with Gasteiger partial charge in [0.15, 0.2) is 5.96 Å². The van der Waals surface area contributed by atoms with E-state index >= 15 is 0 Å². The van der Waals surface area contributed by atoms with Crippen molar-refractivity contribution in [2.45, 2.75) is 20.0 Å². The van der Waals surface area contributed by atoms with Gasteiger partial charge in [-0.25, -0.2) is 4.99 Å². The van der Waals surface area contributed by atoms with Crippen LogP contribution in [0.1, 0.15) is 18.1 Å². The van der Waals surface area contributed by atoms with Gasteiger partial charge in [0.25, 0.3) is 0 Å². The third-order valence-electron chi connectivity index (χ3n) is 3.67. The molecule has 0 bridgehead atoms. The molecule has 0 radical (unpaired) electrons. The van der Waals surface area contributed by atoms with E-state index in [0.29, 0.717) is 19.0 Å². The first-order valence-corrected chi connectivity index (χ1v) is 8.36. The number of aliphatic imine (C=N–C) groups is 1. The van der Waals surface area contributed by atoms with E-state index in [9.17, 15) is 4.79 Å². The number of amides is 1. The van der Waals surface area contributed by atoms with Crippen molar-refractivity contribution in [3.05, 3.63) is 53.9 Å². The van der Waals surface area contributed by atoms with Gasteiger partial charge in [-0.15, -0.1) is 0 Å². The Morgan fingerprint density at radius 2 is 1.96 bits per heavy atom. The second-order valence-electron chi connectivity index (χ2n) is 5.81. The van der Waals surface area contributed by atoms with Gasteiger partial charge in [-0.3, -0.25) is 9.48 Å². The summed E-state index contributed by atoms with van der Waals surface area (Å²) < 4.78 is 1.89. The van der Waals surface area contributed by atoms with Crippen molar-refractivity contribution in [1.29, 1.82) is 0 Å². The van der Waals surface area contributed by atoms with Crippen molar-refractivity contribution in [2.75, 3.05) is 27.2 Å². The molecule has 0 aliphatic heterocycles. The lowest BCUT2D eigenvalue weighted by Gasteiger charge is -2.14. The lowest BCUT2D eigenvalue weighted by molar-refractivity contribution is -0.127. The van der Waals surface area contributed by atoms with Gasteiger partial charge in [-0.2, -0.15) is 5.10 Å². The van der Waals surface area contributed by atoms with Gasteiger partial charge in [-0.1, -0.05) is 24.3 Å². The summed E-state index contributed by atoms with van der Waals surface area (Å²) >= 11 is 0. The lowest BCUT2D eigenvalue weighted by Crippen LogP contribution is -2.42. The van der Waals surface area contributed by atoms with Gasteiger partial charge in [-0.05, 0) is 24.1 Å². The van der Waals surface area contributed by atoms with Crippen LogP contribution in [-0.2, 0) is 17.9 Å². The molecule has 1 aromatic heterocycles. The predicted molar refractivity (Wildman–Crippen MR) is 99.3 cm³/mol. The Morgan fingerprint density at radius 3 is 2.60 bits per heavy atom. The van der Waals surface area contributed by atoms with Crippen LogP contribution in [0.5, 0.6) is 0 Å². The summed E-state index contributed by atoms with van der Waals surface area (Å²) in [6.45, 7) is 4.19. The second-order valence-corrected chi connectivity index (χ2v) is 5.81. The van der Waals surface area contributed by atoms with Crippen LogP contribution in [0, 0.1) is 0 Å². The van der Waals surface area contributed by atoms with Gasteiger partial charge >= 0.3 is 0 Å². The summed E-state index contributed by atoms with van der Waals surface area (Å²) in [5.74, 6) is 0.635. The van der Waals surface area contributed by atoms with Crippen LogP contribution in [0.3, 0.4) is 0 Å². The Bertz CT molecular complexity index is 693. The van der Waals surface area contributed by atoms with Crippen molar-refractivity contribution in [3.8, 4) is 0 Å². The third kappa shape index (κ3) is 5.95. The highest BCUT2D eigenvalue weighted by Gasteiger charge is 2.06. The summed E-state index contributed by atoms with van der Waals surface area (Å²) in [5, 5.41) is 10.5. The van der Waals surface area contributed by atoms with Gasteiger partial charge in [0.05, 0.1) is 19.6 Å². The van der Waals surface area contributed by atoms with Crippen molar-refractivity contribution in [1.82, 2.24) is 25.3 Å². The summed E-state index contributed by atoms with van der Waals surface area (Å²) in [5.41, 5.74) is 2.31. The number of nitrogens with one attached hydrogen (secondary N) is 2. The normalized spacial score (nSPS) is 11.2. The summed E-state index contributed by atoms with van der Waals surface area (Å²) in [6, 6.07) is 10.1. The molecule has 0 saturated carbocycles. The highest BCUT2D eigenvalue weighted by Crippen LogP contribution is 2.11. The minimum atomic E-state index is 0.00434. The topological polar surface area (TPSA) is 74.5 Å². The zero-order chi connectivity index (χ0) is 18.1. The largest absolute Gasteiger partial charge is 0.357 e. The first kappa shape index (κ1) is 18.5. The SMILES string of the molecule is CCNC(=NCc1ccccc1Cn1cccn1)NCC(=O)N(C)C. The molecule has 7 heteroatoms. The number of aromatic nitrogens is 2. The molecule has 25 heavy (non-hydrogen) atoms. The maximum atomic E-state index is 11.7. The molecule has 134 valence electrons. The summed E-state index contributed by atoms with van der Waals surface area (Å²) in [4.78, 5) is 17.9. The van der Waals surface area contributed by atoms with Gasteiger partial charge in [0.2, 0.25) is 5.91 Å². The molecule has 0 saturated heterocycles. The fourth-order valence-electron chi connectivity index (χ4n) is 2.26.